The van der Waals surface area contributed by atoms with E-state index in [1.807, 2.05) is 18.2 Å². The van der Waals surface area contributed by atoms with E-state index in [1.54, 1.807) is 46.0 Å². The number of fused-ring (bicyclic) bond motifs is 1. The van der Waals surface area contributed by atoms with Gasteiger partial charge in [0.2, 0.25) is 0 Å². The van der Waals surface area contributed by atoms with E-state index >= 15 is 0 Å². The molecule has 4 rings (SSSR count). The van der Waals surface area contributed by atoms with Gasteiger partial charge in [0.1, 0.15) is 5.76 Å². The van der Waals surface area contributed by atoms with E-state index in [-0.39, 0.29) is 17.8 Å². The lowest BCUT2D eigenvalue weighted by molar-refractivity contribution is 0.0593. The minimum absolute atomic E-state index is 0.139. The molecule has 3 aromatic heterocycles. The van der Waals surface area contributed by atoms with Crippen molar-refractivity contribution in [3.8, 4) is 0 Å². The van der Waals surface area contributed by atoms with E-state index in [0.717, 1.165) is 0 Å². The van der Waals surface area contributed by atoms with Gasteiger partial charge in [-0.3, -0.25) is 14.0 Å². The lowest BCUT2D eigenvalue weighted by Crippen LogP contribution is -2.24. The second-order valence-corrected chi connectivity index (χ2v) is 6.80. The van der Waals surface area contributed by atoms with E-state index in [1.165, 1.54) is 18.9 Å². The highest BCUT2D eigenvalue weighted by Crippen LogP contribution is 2.20. The molecule has 0 bridgehead atoms. The van der Waals surface area contributed by atoms with Crippen LogP contribution in [0.4, 0.5) is 0 Å². The molecule has 0 N–H and O–H groups in total. The quantitative estimate of drug-likeness (QED) is 0.281. The number of hydrogen-bond donors (Lipinski definition) is 0. The lowest BCUT2D eigenvalue weighted by Gasteiger charge is -2.12. The molecule has 0 amide bonds. The highest BCUT2D eigenvalue weighted by molar-refractivity contribution is 7.98. The monoisotopic (exact) mass is 396 g/mol. The summed E-state index contributed by atoms with van der Waals surface area (Å²) in [5, 5.41) is 5.26. The summed E-state index contributed by atoms with van der Waals surface area (Å²) in [6.45, 7) is 0.276. The fourth-order valence-corrected chi connectivity index (χ4v) is 3.58. The molecule has 0 spiro atoms. The number of ether oxygens (including phenoxy) is 1. The summed E-state index contributed by atoms with van der Waals surface area (Å²) in [5.41, 5.74) is 0.712. The third-order valence-electron chi connectivity index (χ3n) is 4.08. The fraction of sp³-hybridized carbons (Fsp3) is 0.158. The van der Waals surface area contributed by atoms with E-state index in [9.17, 15) is 9.59 Å². The number of esters is 1. The molecule has 0 aliphatic rings. The van der Waals surface area contributed by atoms with Crippen LogP contribution in [0.15, 0.2) is 69.3 Å². The first-order valence-corrected chi connectivity index (χ1v) is 9.41. The molecule has 142 valence electrons. The second kappa shape index (κ2) is 7.73. The fourth-order valence-electron chi connectivity index (χ4n) is 2.73. The topological polar surface area (TPSA) is 92.2 Å². The number of para-hydroxylation sites is 1. The number of aromatic nitrogens is 4. The number of rotatable bonds is 6. The van der Waals surface area contributed by atoms with Gasteiger partial charge in [0, 0.05) is 6.20 Å². The Bertz CT molecular complexity index is 1180. The zero-order valence-corrected chi connectivity index (χ0v) is 15.8. The Kier molecular flexibility index (Phi) is 4.98. The van der Waals surface area contributed by atoms with Crippen molar-refractivity contribution < 1.29 is 13.9 Å². The maximum absolute atomic E-state index is 13.0. The predicted molar refractivity (Wildman–Crippen MR) is 103 cm³/mol. The molecule has 0 unspecified atom stereocenters. The summed E-state index contributed by atoms with van der Waals surface area (Å²) in [7, 11) is 1.31. The van der Waals surface area contributed by atoms with E-state index in [4.69, 9.17) is 4.42 Å². The molecule has 0 aliphatic carbocycles. The summed E-state index contributed by atoms with van der Waals surface area (Å²) >= 11 is 1.34. The minimum atomic E-state index is -0.498. The van der Waals surface area contributed by atoms with Gasteiger partial charge >= 0.3 is 5.97 Å². The van der Waals surface area contributed by atoms with Gasteiger partial charge in [-0.25, -0.2) is 9.78 Å². The summed E-state index contributed by atoms with van der Waals surface area (Å²) in [5.74, 6) is 0.537. The van der Waals surface area contributed by atoms with Crippen LogP contribution in [-0.4, -0.2) is 32.4 Å². The first-order valence-electron chi connectivity index (χ1n) is 8.42. The summed E-state index contributed by atoms with van der Waals surface area (Å²) in [4.78, 5) is 29.2. The van der Waals surface area contributed by atoms with Crippen LogP contribution in [-0.2, 0) is 17.2 Å². The molecule has 0 saturated carbocycles. The molecule has 0 saturated heterocycles. The Morgan fingerprint density at radius 3 is 2.86 bits per heavy atom. The Hall–Kier alpha value is -3.33. The summed E-state index contributed by atoms with van der Waals surface area (Å²) in [6.07, 6.45) is 3.25. The standard InChI is InChI=1S/C19H16N4O4S/c1-26-18(25)16-8-9-22(21-16)12-28-19-20-15-7-3-2-6-14(15)17(24)23(19)11-13-5-4-10-27-13/h2-10H,11-12H2,1H3. The van der Waals surface area contributed by atoms with Crippen LogP contribution in [0, 0.1) is 0 Å². The molecular formula is C19H16N4O4S. The number of nitrogens with zero attached hydrogens (tertiary/aromatic N) is 4. The van der Waals surface area contributed by atoms with Gasteiger partial charge in [0.05, 0.1) is 36.7 Å². The Morgan fingerprint density at radius 1 is 1.21 bits per heavy atom. The number of furan rings is 1. The SMILES string of the molecule is COC(=O)c1ccn(CSc2nc3ccccc3c(=O)n2Cc2ccco2)n1. The van der Waals surface area contributed by atoms with Crippen molar-refractivity contribution in [3.63, 3.8) is 0 Å². The van der Waals surface area contributed by atoms with Crippen molar-refractivity contribution in [2.75, 3.05) is 7.11 Å². The maximum atomic E-state index is 13.0. The van der Waals surface area contributed by atoms with Crippen LogP contribution in [0.1, 0.15) is 16.2 Å². The van der Waals surface area contributed by atoms with Crippen molar-refractivity contribution in [2.45, 2.75) is 17.6 Å². The summed E-state index contributed by atoms with van der Waals surface area (Å²) < 4.78 is 13.2. The van der Waals surface area contributed by atoms with E-state index < -0.39 is 5.97 Å². The van der Waals surface area contributed by atoms with Gasteiger partial charge in [-0.15, -0.1) is 0 Å². The summed E-state index contributed by atoms with van der Waals surface area (Å²) in [6, 6.07) is 12.4. The number of benzene rings is 1. The zero-order valence-electron chi connectivity index (χ0n) is 14.9. The van der Waals surface area contributed by atoms with E-state index in [2.05, 4.69) is 14.8 Å². The van der Waals surface area contributed by atoms with Crippen LogP contribution in [0.5, 0.6) is 0 Å². The molecule has 0 fully saturated rings. The zero-order chi connectivity index (χ0) is 19.5. The van der Waals surface area contributed by atoms with Crippen LogP contribution in [0.25, 0.3) is 10.9 Å². The van der Waals surface area contributed by atoms with Crippen LogP contribution < -0.4 is 5.56 Å². The number of thioether (sulfide) groups is 1. The average Bonchev–Trinajstić information content (AvgIpc) is 3.40. The smallest absolute Gasteiger partial charge is 0.358 e. The molecule has 0 radical (unpaired) electrons. The molecule has 9 heteroatoms. The molecular weight excluding hydrogens is 380 g/mol. The van der Waals surface area contributed by atoms with Crippen molar-refractivity contribution in [3.05, 3.63) is 76.7 Å². The van der Waals surface area contributed by atoms with Gasteiger partial charge < -0.3 is 9.15 Å². The van der Waals surface area contributed by atoms with Crippen molar-refractivity contribution in [2.24, 2.45) is 0 Å². The van der Waals surface area contributed by atoms with Gasteiger partial charge in [-0.1, -0.05) is 23.9 Å². The van der Waals surface area contributed by atoms with Gasteiger partial charge in [-0.2, -0.15) is 5.10 Å². The van der Waals surface area contributed by atoms with Crippen LogP contribution in [0.2, 0.25) is 0 Å². The maximum Gasteiger partial charge on any atom is 0.358 e. The first kappa shape index (κ1) is 18.1. The molecule has 1 aromatic carbocycles. The van der Waals surface area contributed by atoms with E-state index in [0.29, 0.717) is 27.7 Å². The molecule has 28 heavy (non-hydrogen) atoms. The molecule has 0 aliphatic heterocycles. The number of carbonyl (C=O) groups excluding carboxylic acids is 1. The predicted octanol–water partition coefficient (Wildman–Crippen LogP) is 2.77. The Balaban J connectivity index is 1.67. The average molecular weight is 396 g/mol. The molecule has 0 atom stereocenters. The largest absolute Gasteiger partial charge is 0.467 e. The van der Waals surface area contributed by atoms with Crippen LogP contribution >= 0.6 is 11.8 Å². The third kappa shape index (κ3) is 3.56. The number of methoxy groups -OCH3 is 1. The Labute approximate surface area is 163 Å². The van der Waals surface area contributed by atoms with Crippen molar-refractivity contribution in [1.29, 1.82) is 0 Å². The second-order valence-electron chi connectivity index (χ2n) is 5.89. The van der Waals surface area contributed by atoms with Gasteiger partial charge in [-0.05, 0) is 30.3 Å². The molecule has 3 heterocycles. The third-order valence-corrected chi connectivity index (χ3v) is 5.05. The molecule has 8 nitrogen and oxygen atoms in total. The highest BCUT2D eigenvalue weighted by Gasteiger charge is 2.14. The molecule has 4 aromatic rings. The highest BCUT2D eigenvalue weighted by atomic mass is 32.2. The van der Waals surface area contributed by atoms with Gasteiger partial charge in [0.15, 0.2) is 10.9 Å². The first-order chi connectivity index (χ1) is 13.7. The van der Waals surface area contributed by atoms with Crippen LogP contribution in [0.3, 0.4) is 0 Å². The Morgan fingerprint density at radius 2 is 2.07 bits per heavy atom. The number of carbonyl (C=O) groups is 1. The van der Waals surface area contributed by atoms with Gasteiger partial charge in [0.25, 0.3) is 5.56 Å². The minimum Gasteiger partial charge on any atom is -0.467 e. The normalized spacial score (nSPS) is 11.0. The van der Waals surface area contributed by atoms with Crippen molar-refractivity contribution in [1.82, 2.24) is 19.3 Å². The van der Waals surface area contributed by atoms with Crippen molar-refractivity contribution >= 4 is 28.6 Å². The lowest BCUT2D eigenvalue weighted by atomic mass is 10.2. The number of hydrogen-bond acceptors (Lipinski definition) is 7.